The first kappa shape index (κ1) is 21.8. The Balaban J connectivity index is 0.00000261. The summed E-state index contributed by atoms with van der Waals surface area (Å²) < 4.78 is 5.41. The maximum Gasteiger partial charge on any atom is 0.121 e. The summed E-state index contributed by atoms with van der Waals surface area (Å²) in [6, 6.07) is 8.92. The molecule has 1 saturated heterocycles. The number of ether oxygens (including phenoxy) is 1. The molecule has 0 amide bonds. The number of nitrogens with one attached hydrogen (secondary N) is 2. The van der Waals surface area contributed by atoms with Crippen molar-refractivity contribution in [3.8, 4) is 5.75 Å². The molecule has 0 spiro atoms. The molecule has 4 nitrogen and oxygen atoms in total. The lowest BCUT2D eigenvalue weighted by atomic mass is 9.99. The van der Waals surface area contributed by atoms with Crippen LogP contribution in [0.1, 0.15) is 57.8 Å². The second-order valence-electron chi connectivity index (χ2n) is 7.38. The molecule has 1 aromatic heterocycles. The molecular weight excluding hydrogens is 358 g/mol. The van der Waals surface area contributed by atoms with Crippen LogP contribution in [0.15, 0.2) is 30.5 Å². The average molecular weight is 392 g/mol. The predicted octanol–water partition coefficient (Wildman–Crippen LogP) is 5.56. The second kappa shape index (κ2) is 12.0. The van der Waals surface area contributed by atoms with Crippen molar-refractivity contribution < 1.29 is 4.74 Å². The van der Waals surface area contributed by atoms with E-state index in [0.717, 1.165) is 34.9 Å². The van der Waals surface area contributed by atoms with Crippen LogP contribution in [-0.2, 0) is 0 Å². The van der Waals surface area contributed by atoms with E-state index in [1.807, 2.05) is 24.4 Å². The summed E-state index contributed by atoms with van der Waals surface area (Å²) >= 11 is 0. The van der Waals surface area contributed by atoms with Crippen molar-refractivity contribution in [3.63, 3.8) is 0 Å². The van der Waals surface area contributed by atoms with Crippen molar-refractivity contribution in [1.29, 1.82) is 0 Å². The third kappa shape index (κ3) is 6.86. The number of anilines is 1. The molecule has 5 heteroatoms. The van der Waals surface area contributed by atoms with E-state index < -0.39 is 0 Å². The number of nitrogens with zero attached hydrogens (tertiary/aromatic N) is 1. The topological polar surface area (TPSA) is 46.2 Å². The van der Waals surface area contributed by atoms with Gasteiger partial charge in [0.25, 0.3) is 0 Å². The molecule has 150 valence electrons. The molecule has 1 fully saturated rings. The van der Waals surface area contributed by atoms with E-state index in [4.69, 9.17) is 4.74 Å². The van der Waals surface area contributed by atoms with Gasteiger partial charge < -0.3 is 15.4 Å². The van der Waals surface area contributed by atoms with Crippen LogP contribution in [0, 0.1) is 0 Å². The molecule has 0 radical (unpaired) electrons. The highest BCUT2D eigenvalue weighted by Gasteiger charge is 2.11. The first-order chi connectivity index (χ1) is 12.9. The van der Waals surface area contributed by atoms with E-state index in [1.54, 1.807) is 7.11 Å². The van der Waals surface area contributed by atoms with E-state index in [9.17, 15) is 0 Å². The number of hydrogen-bond donors (Lipinski definition) is 2. The van der Waals surface area contributed by atoms with Crippen LogP contribution in [-0.4, -0.2) is 31.2 Å². The molecule has 1 aliphatic rings. The van der Waals surface area contributed by atoms with E-state index in [-0.39, 0.29) is 12.4 Å². The Kier molecular flexibility index (Phi) is 9.71. The molecule has 0 saturated carbocycles. The van der Waals surface area contributed by atoms with Gasteiger partial charge >= 0.3 is 0 Å². The Hall–Kier alpha value is -1.52. The van der Waals surface area contributed by atoms with Gasteiger partial charge in [-0.2, -0.15) is 0 Å². The van der Waals surface area contributed by atoms with Gasteiger partial charge in [-0.3, -0.25) is 4.98 Å². The zero-order chi connectivity index (χ0) is 18.0. The predicted molar refractivity (Wildman–Crippen MR) is 117 cm³/mol. The normalized spacial score (nSPS) is 16.7. The Bertz CT molecular complexity index is 674. The fourth-order valence-corrected chi connectivity index (χ4v) is 3.86. The van der Waals surface area contributed by atoms with Gasteiger partial charge in [-0.1, -0.05) is 38.2 Å². The molecule has 2 N–H and O–H groups in total. The van der Waals surface area contributed by atoms with Crippen molar-refractivity contribution in [2.75, 3.05) is 25.5 Å². The number of rotatable bonds is 10. The minimum atomic E-state index is 0. The van der Waals surface area contributed by atoms with Crippen LogP contribution in [0.5, 0.6) is 5.75 Å². The molecule has 0 bridgehead atoms. The van der Waals surface area contributed by atoms with Gasteiger partial charge in [0.15, 0.2) is 0 Å². The minimum absolute atomic E-state index is 0. The van der Waals surface area contributed by atoms with Crippen molar-refractivity contribution in [2.24, 2.45) is 0 Å². The Morgan fingerprint density at radius 2 is 2.00 bits per heavy atom. The smallest absolute Gasteiger partial charge is 0.121 e. The lowest BCUT2D eigenvalue weighted by molar-refractivity contribution is 0.370. The third-order valence-corrected chi connectivity index (χ3v) is 5.37. The van der Waals surface area contributed by atoms with E-state index in [0.29, 0.717) is 0 Å². The van der Waals surface area contributed by atoms with Crippen LogP contribution in [0.3, 0.4) is 0 Å². The van der Waals surface area contributed by atoms with Crippen molar-refractivity contribution in [3.05, 3.63) is 30.5 Å². The molecular formula is C22H34ClN3O. The summed E-state index contributed by atoms with van der Waals surface area (Å²) in [7, 11) is 1.71. The number of pyridine rings is 1. The fourth-order valence-electron chi connectivity index (χ4n) is 3.86. The Labute approximate surface area is 169 Å². The number of piperidine rings is 1. The van der Waals surface area contributed by atoms with E-state index >= 15 is 0 Å². The van der Waals surface area contributed by atoms with Gasteiger partial charge in [0.2, 0.25) is 0 Å². The first-order valence-electron chi connectivity index (χ1n) is 10.3. The molecule has 1 unspecified atom stereocenters. The Morgan fingerprint density at radius 1 is 1.15 bits per heavy atom. The highest BCUT2D eigenvalue weighted by molar-refractivity contribution is 5.91. The number of benzene rings is 1. The maximum atomic E-state index is 5.41. The summed E-state index contributed by atoms with van der Waals surface area (Å²) in [6.07, 6.45) is 13.9. The van der Waals surface area contributed by atoms with Crippen LogP contribution in [0.2, 0.25) is 0 Å². The van der Waals surface area contributed by atoms with Crippen LogP contribution in [0.4, 0.5) is 5.69 Å². The zero-order valence-electron chi connectivity index (χ0n) is 16.5. The number of halogens is 1. The summed E-state index contributed by atoms with van der Waals surface area (Å²) in [5.41, 5.74) is 2.09. The lowest BCUT2D eigenvalue weighted by Crippen LogP contribution is -2.33. The van der Waals surface area contributed by atoms with Gasteiger partial charge in [0.05, 0.1) is 18.3 Å². The standard InChI is InChI=1S/C22H33N3O.ClH/c1-26-20-16-18-10-9-15-25-22(18)21(17-20)24-14-7-4-2-3-5-11-19-12-6-8-13-23-19;/h9-10,15-17,19,23-24H,2-8,11-14H2,1H3;1H. The molecule has 27 heavy (non-hydrogen) atoms. The number of methoxy groups -OCH3 is 1. The van der Waals surface area contributed by atoms with Crippen LogP contribution in [0.25, 0.3) is 10.9 Å². The largest absolute Gasteiger partial charge is 0.497 e. The van der Waals surface area contributed by atoms with Gasteiger partial charge in [0, 0.05) is 30.2 Å². The molecule has 0 aliphatic carbocycles. The number of fused-ring (bicyclic) bond motifs is 1. The van der Waals surface area contributed by atoms with Crippen LogP contribution >= 0.6 is 12.4 Å². The molecule has 1 aromatic carbocycles. The fraction of sp³-hybridized carbons (Fsp3) is 0.591. The maximum absolute atomic E-state index is 5.41. The SMILES string of the molecule is COc1cc(NCCCCCCCC2CCCCN2)c2ncccc2c1.Cl. The number of unbranched alkanes of at least 4 members (excludes halogenated alkanes) is 4. The first-order valence-corrected chi connectivity index (χ1v) is 10.3. The highest BCUT2D eigenvalue weighted by Crippen LogP contribution is 2.27. The molecule has 1 aliphatic heterocycles. The molecule has 2 aromatic rings. The van der Waals surface area contributed by atoms with Gasteiger partial charge in [-0.15, -0.1) is 12.4 Å². The lowest BCUT2D eigenvalue weighted by Gasteiger charge is -2.23. The van der Waals surface area contributed by atoms with Crippen molar-refractivity contribution >= 4 is 29.0 Å². The average Bonchev–Trinajstić information content (AvgIpc) is 2.70. The summed E-state index contributed by atoms with van der Waals surface area (Å²) in [5.74, 6) is 0.879. The summed E-state index contributed by atoms with van der Waals surface area (Å²) in [6.45, 7) is 2.22. The van der Waals surface area contributed by atoms with Crippen molar-refractivity contribution in [1.82, 2.24) is 10.3 Å². The second-order valence-corrected chi connectivity index (χ2v) is 7.38. The van der Waals surface area contributed by atoms with Gasteiger partial charge in [-0.25, -0.2) is 0 Å². The van der Waals surface area contributed by atoms with E-state index in [2.05, 4.69) is 21.7 Å². The quantitative estimate of drug-likeness (QED) is 0.520. The molecule has 2 heterocycles. The Morgan fingerprint density at radius 3 is 2.81 bits per heavy atom. The number of aromatic nitrogens is 1. The zero-order valence-corrected chi connectivity index (χ0v) is 17.3. The van der Waals surface area contributed by atoms with Gasteiger partial charge in [-0.05, 0) is 44.4 Å². The monoisotopic (exact) mass is 391 g/mol. The van der Waals surface area contributed by atoms with Gasteiger partial charge in [0.1, 0.15) is 5.75 Å². The van der Waals surface area contributed by atoms with Crippen LogP contribution < -0.4 is 15.4 Å². The summed E-state index contributed by atoms with van der Waals surface area (Å²) in [5, 5.41) is 8.32. The minimum Gasteiger partial charge on any atom is -0.497 e. The summed E-state index contributed by atoms with van der Waals surface area (Å²) in [4.78, 5) is 4.52. The molecule has 1 atom stereocenters. The highest BCUT2D eigenvalue weighted by atomic mass is 35.5. The molecule has 3 rings (SSSR count). The van der Waals surface area contributed by atoms with Crippen molar-refractivity contribution in [2.45, 2.75) is 63.8 Å². The van der Waals surface area contributed by atoms with E-state index in [1.165, 1.54) is 64.3 Å². The number of hydrogen-bond acceptors (Lipinski definition) is 4. The third-order valence-electron chi connectivity index (χ3n) is 5.37.